The van der Waals surface area contributed by atoms with Crippen molar-refractivity contribution in [2.24, 2.45) is 0 Å². The van der Waals surface area contributed by atoms with Crippen LogP contribution in [-0.2, 0) is 25.7 Å². The smallest absolute Gasteiger partial charge is 0.276 e. The van der Waals surface area contributed by atoms with Gasteiger partial charge >= 0.3 is 0 Å². The zero-order chi connectivity index (χ0) is 19.6. The second-order valence-corrected chi connectivity index (χ2v) is 7.59. The quantitative estimate of drug-likeness (QED) is 0.481. The van der Waals surface area contributed by atoms with Crippen molar-refractivity contribution >= 4 is 22.6 Å². The number of benzene rings is 2. The zero-order valence-corrected chi connectivity index (χ0v) is 16.2. The van der Waals surface area contributed by atoms with E-state index in [1.54, 1.807) is 0 Å². The lowest BCUT2D eigenvalue weighted by molar-refractivity contribution is 0.102. The summed E-state index contributed by atoms with van der Waals surface area (Å²) in [5.41, 5.74) is 6.57. The van der Waals surface area contributed by atoms with E-state index in [-0.39, 0.29) is 5.91 Å². The Balaban J connectivity index is 1.31. The minimum Gasteiger partial charge on any atom is -0.342 e. The van der Waals surface area contributed by atoms with Crippen molar-refractivity contribution in [2.45, 2.75) is 38.5 Å². The van der Waals surface area contributed by atoms with Crippen molar-refractivity contribution in [3.8, 4) is 0 Å². The Morgan fingerprint density at radius 2 is 1.90 bits per heavy atom. The number of hydrogen-bond donors (Lipinski definition) is 3. The molecule has 0 radical (unpaired) electrons. The predicted molar refractivity (Wildman–Crippen MR) is 113 cm³/mol. The fraction of sp³-hybridized carbons (Fsp3) is 0.261. The molecule has 0 spiro atoms. The molecular weight excluding hydrogens is 362 g/mol. The summed E-state index contributed by atoms with van der Waals surface area (Å²) in [7, 11) is 0. The van der Waals surface area contributed by atoms with E-state index in [0.29, 0.717) is 5.69 Å². The number of aromatic amines is 2. The van der Waals surface area contributed by atoms with Crippen molar-refractivity contribution in [2.75, 3.05) is 5.32 Å². The third kappa shape index (κ3) is 3.66. The largest absolute Gasteiger partial charge is 0.342 e. The molecule has 2 aromatic carbocycles. The number of carbonyl (C=O) groups excluding carboxylic acids is 1. The minimum absolute atomic E-state index is 0.160. The molecule has 6 nitrogen and oxygen atoms in total. The van der Waals surface area contributed by atoms with Crippen LogP contribution in [0, 0.1) is 0 Å². The maximum absolute atomic E-state index is 12.7. The third-order valence-corrected chi connectivity index (χ3v) is 5.55. The van der Waals surface area contributed by atoms with Gasteiger partial charge in [-0.1, -0.05) is 30.3 Å². The van der Waals surface area contributed by atoms with Gasteiger partial charge in [-0.15, -0.1) is 0 Å². The van der Waals surface area contributed by atoms with Crippen LogP contribution in [0.1, 0.15) is 46.0 Å². The molecule has 29 heavy (non-hydrogen) atoms. The number of aromatic nitrogens is 4. The number of carbonyl (C=O) groups is 1. The first-order chi connectivity index (χ1) is 14.3. The van der Waals surface area contributed by atoms with E-state index < -0.39 is 0 Å². The van der Waals surface area contributed by atoms with E-state index in [0.717, 1.165) is 72.3 Å². The normalized spacial score (nSPS) is 13.4. The Labute approximate surface area is 168 Å². The van der Waals surface area contributed by atoms with E-state index in [9.17, 15) is 4.79 Å². The van der Waals surface area contributed by atoms with Gasteiger partial charge in [0.15, 0.2) is 5.69 Å². The monoisotopic (exact) mass is 385 g/mol. The minimum atomic E-state index is -0.160. The maximum Gasteiger partial charge on any atom is 0.276 e. The van der Waals surface area contributed by atoms with Crippen LogP contribution in [0.25, 0.3) is 11.0 Å². The highest BCUT2D eigenvalue weighted by atomic mass is 16.1. The lowest BCUT2D eigenvalue weighted by Crippen LogP contribution is -2.15. The van der Waals surface area contributed by atoms with Gasteiger partial charge in [0.25, 0.3) is 5.91 Å². The fourth-order valence-corrected chi connectivity index (χ4v) is 4.03. The lowest BCUT2D eigenvalue weighted by atomic mass is 9.96. The van der Waals surface area contributed by atoms with Crippen LogP contribution in [0.2, 0.25) is 0 Å². The molecule has 5 rings (SSSR count). The van der Waals surface area contributed by atoms with E-state index >= 15 is 0 Å². The summed E-state index contributed by atoms with van der Waals surface area (Å²) in [6, 6.07) is 16.2. The van der Waals surface area contributed by atoms with Crippen LogP contribution in [0.4, 0.5) is 5.69 Å². The number of nitrogens with one attached hydrogen (secondary N) is 3. The Morgan fingerprint density at radius 3 is 2.79 bits per heavy atom. The van der Waals surface area contributed by atoms with E-state index in [1.165, 1.54) is 5.56 Å². The standard InChI is InChI=1S/C23H23N5O/c29-23(22-17-8-4-5-9-18(17)27-28-22)24-16-11-12-19-20(14-16)26-21(25-19)13-10-15-6-2-1-3-7-15/h1-3,6-7,11-12,14H,4-5,8-10,13H2,(H,24,29)(H,25,26)(H,27,28). The molecule has 6 heteroatoms. The van der Waals surface area contributed by atoms with Crippen LogP contribution in [-0.4, -0.2) is 26.1 Å². The highest BCUT2D eigenvalue weighted by Crippen LogP contribution is 2.24. The second-order valence-electron chi connectivity index (χ2n) is 7.59. The van der Waals surface area contributed by atoms with Gasteiger partial charge in [0.1, 0.15) is 5.82 Å². The van der Waals surface area contributed by atoms with Gasteiger partial charge in [0.05, 0.1) is 11.0 Å². The van der Waals surface area contributed by atoms with Gasteiger partial charge in [0.2, 0.25) is 0 Å². The van der Waals surface area contributed by atoms with Crippen LogP contribution in [0.15, 0.2) is 48.5 Å². The van der Waals surface area contributed by atoms with Crippen LogP contribution in [0.5, 0.6) is 0 Å². The maximum atomic E-state index is 12.7. The molecule has 4 aromatic rings. The molecule has 1 amide bonds. The van der Waals surface area contributed by atoms with Gasteiger partial charge in [-0.05, 0) is 55.9 Å². The summed E-state index contributed by atoms with van der Waals surface area (Å²) in [6.07, 6.45) is 5.94. The summed E-state index contributed by atoms with van der Waals surface area (Å²) in [6.45, 7) is 0. The van der Waals surface area contributed by atoms with Crippen LogP contribution in [0.3, 0.4) is 0 Å². The number of rotatable bonds is 5. The molecule has 146 valence electrons. The van der Waals surface area contributed by atoms with Gasteiger partial charge in [-0.3, -0.25) is 9.89 Å². The first-order valence-electron chi connectivity index (χ1n) is 10.2. The molecule has 2 heterocycles. The summed E-state index contributed by atoms with van der Waals surface area (Å²) in [5, 5.41) is 10.3. The van der Waals surface area contributed by atoms with E-state index in [4.69, 9.17) is 0 Å². The van der Waals surface area contributed by atoms with Gasteiger partial charge < -0.3 is 10.3 Å². The van der Waals surface area contributed by atoms with E-state index in [1.807, 2.05) is 24.3 Å². The van der Waals surface area contributed by atoms with Gasteiger partial charge in [-0.25, -0.2) is 4.98 Å². The predicted octanol–water partition coefficient (Wildman–Crippen LogP) is 4.20. The number of imidazole rings is 1. The highest BCUT2D eigenvalue weighted by Gasteiger charge is 2.21. The molecule has 0 saturated carbocycles. The lowest BCUT2D eigenvalue weighted by Gasteiger charge is -2.11. The Kier molecular flexibility index (Phi) is 4.60. The Morgan fingerprint density at radius 1 is 1.03 bits per heavy atom. The first-order valence-corrected chi connectivity index (χ1v) is 10.2. The molecule has 0 unspecified atom stereocenters. The molecule has 1 aliphatic rings. The van der Waals surface area contributed by atoms with Gasteiger partial charge in [-0.2, -0.15) is 5.10 Å². The van der Waals surface area contributed by atoms with Crippen molar-refractivity contribution in [1.82, 2.24) is 20.2 Å². The number of nitrogens with zero attached hydrogens (tertiary/aromatic N) is 2. The summed E-state index contributed by atoms with van der Waals surface area (Å²) < 4.78 is 0. The Bertz CT molecular complexity index is 1160. The average Bonchev–Trinajstić information content (AvgIpc) is 3.36. The molecule has 0 bridgehead atoms. The van der Waals surface area contributed by atoms with Crippen molar-refractivity contribution in [3.05, 3.63) is 76.9 Å². The van der Waals surface area contributed by atoms with Gasteiger partial charge in [0, 0.05) is 23.4 Å². The summed E-state index contributed by atoms with van der Waals surface area (Å²) in [4.78, 5) is 20.8. The zero-order valence-electron chi connectivity index (χ0n) is 16.2. The van der Waals surface area contributed by atoms with Crippen molar-refractivity contribution in [3.63, 3.8) is 0 Å². The molecule has 3 N–H and O–H groups in total. The number of aryl methyl sites for hydroxylation is 3. The first kappa shape index (κ1) is 17.7. The molecule has 0 saturated heterocycles. The highest BCUT2D eigenvalue weighted by molar-refractivity contribution is 6.04. The molecule has 2 aromatic heterocycles. The number of fused-ring (bicyclic) bond motifs is 2. The second kappa shape index (κ2) is 7.54. The molecule has 0 aliphatic heterocycles. The third-order valence-electron chi connectivity index (χ3n) is 5.55. The molecule has 1 aliphatic carbocycles. The molecule has 0 fully saturated rings. The topological polar surface area (TPSA) is 86.5 Å². The Hall–Kier alpha value is -3.41. The fourth-order valence-electron chi connectivity index (χ4n) is 4.03. The number of anilines is 1. The molecular formula is C23H23N5O. The average molecular weight is 385 g/mol. The van der Waals surface area contributed by atoms with E-state index in [2.05, 4.69) is 49.7 Å². The summed E-state index contributed by atoms with van der Waals surface area (Å²) >= 11 is 0. The van der Waals surface area contributed by atoms with Crippen molar-refractivity contribution < 1.29 is 4.79 Å². The number of H-pyrrole nitrogens is 2. The number of hydrogen-bond acceptors (Lipinski definition) is 3. The summed E-state index contributed by atoms with van der Waals surface area (Å²) in [5.74, 6) is 0.793. The van der Waals surface area contributed by atoms with Crippen molar-refractivity contribution in [1.29, 1.82) is 0 Å². The van der Waals surface area contributed by atoms with Crippen LogP contribution >= 0.6 is 0 Å². The molecule has 0 atom stereocenters. The SMILES string of the molecule is O=C(Nc1ccc2nc(CCc3ccccc3)[nH]c2c1)c1n[nH]c2c1CCCC2. The number of amides is 1. The van der Waals surface area contributed by atoms with Crippen LogP contribution < -0.4 is 5.32 Å².